The molecule has 0 saturated carbocycles. The van der Waals surface area contributed by atoms with Crippen LogP contribution in [0.5, 0.6) is 0 Å². The van der Waals surface area contributed by atoms with Crippen molar-refractivity contribution in [3.63, 3.8) is 0 Å². The zero-order valence-corrected chi connectivity index (χ0v) is 10.9. The van der Waals surface area contributed by atoms with Gasteiger partial charge in [-0.3, -0.25) is 14.5 Å². The van der Waals surface area contributed by atoms with Crippen molar-refractivity contribution in [1.82, 2.24) is 9.80 Å². The van der Waals surface area contributed by atoms with Crippen molar-refractivity contribution in [3.05, 3.63) is 0 Å². The number of carboxylic acids is 1. The molecule has 0 atom stereocenters. The van der Waals surface area contributed by atoms with Gasteiger partial charge in [-0.25, -0.2) is 0 Å². The SMILES string of the molecule is CC(C)(C)C(=O)N1CCN(CCC(=O)O)CC1. The number of aliphatic carboxylic acids is 1. The predicted molar refractivity (Wildman–Crippen MR) is 64.7 cm³/mol. The number of hydrogen-bond donors (Lipinski definition) is 1. The van der Waals surface area contributed by atoms with E-state index in [0.29, 0.717) is 19.6 Å². The van der Waals surface area contributed by atoms with Gasteiger partial charge in [0.25, 0.3) is 0 Å². The summed E-state index contributed by atoms with van der Waals surface area (Å²) in [4.78, 5) is 26.4. The van der Waals surface area contributed by atoms with E-state index in [0.717, 1.165) is 13.1 Å². The summed E-state index contributed by atoms with van der Waals surface area (Å²) in [6.45, 7) is 9.30. The van der Waals surface area contributed by atoms with Crippen molar-refractivity contribution in [2.45, 2.75) is 27.2 Å². The summed E-state index contributed by atoms with van der Waals surface area (Å²) < 4.78 is 0. The molecule has 1 heterocycles. The van der Waals surface area contributed by atoms with Gasteiger partial charge in [0.05, 0.1) is 6.42 Å². The van der Waals surface area contributed by atoms with Crippen molar-refractivity contribution in [1.29, 1.82) is 0 Å². The Morgan fingerprint density at radius 3 is 2.06 bits per heavy atom. The standard InChI is InChI=1S/C12H22N2O3/c1-12(2,3)11(17)14-8-6-13(7-9-14)5-4-10(15)16/h4-9H2,1-3H3,(H,15,16). The number of hydrogen-bond acceptors (Lipinski definition) is 3. The van der Waals surface area contributed by atoms with Crippen molar-refractivity contribution in [2.24, 2.45) is 5.41 Å². The molecule has 5 nitrogen and oxygen atoms in total. The van der Waals surface area contributed by atoms with Crippen molar-refractivity contribution in [2.75, 3.05) is 32.7 Å². The lowest BCUT2D eigenvalue weighted by molar-refractivity contribution is -0.142. The fourth-order valence-corrected chi connectivity index (χ4v) is 1.90. The van der Waals surface area contributed by atoms with Gasteiger partial charge >= 0.3 is 5.97 Å². The number of nitrogens with zero attached hydrogens (tertiary/aromatic N) is 2. The highest BCUT2D eigenvalue weighted by atomic mass is 16.4. The highest BCUT2D eigenvalue weighted by Crippen LogP contribution is 2.18. The first kappa shape index (κ1) is 14.0. The van der Waals surface area contributed by atoms with Crippen molar-refractivity contribution in [3.8, 4) is 0 Å². The van der Waals surface area contributed by atoms with Gasteiger partial charge < -0.3 is 10.0 Å². The molecular formula is C12H22N2O3. The van der Waals surface area contributed by atoms with Crippen LogP contribution in [0.1, 0.15) is 27.2 Å². The fourth-order valence-electron chi connectivity index (χ4n) is 1.90. The monoisotopic (exact) mass is 242 g/mol. The topological polar surface area (TPSA) is 60.9 Å². The summed E-state index contributed by atoms with van der Waals surface area (Å²) in [5.41, 5.74) is -0.330. The molecule has 17 heavy (non-hydrogen) atoms. The lowest BCUT2D eigenvalue weighted by Crippen LogP contribution is -2.51. The molecule has 98 valence electrons. The second-order valence-electron chi connectivity index (χ2n) is 5.53. The maximum Gasteiger partial charge on any atom is 0.304 e. The Labute approximate surface area is 102 Å². The molecule has 0 spiro atoms. The van der Waals surface area contributed by atoms with Crippen LogP contribution >= 0.6 is 0 Å². The van der Waals surface area contributed by atoms with Gasteiger partial charge in [0, 0.05) is 38.1 Å². The Balaban J connectivity index is 2.36. The van der Waals surface area contributed by atoms with Crippen molar-refractivity contribution >= 4 is 11.9 Å². The molecule has 0 aromatic carbocycles. The van der Waals surface area contributed by atoms with Crippen LogP contribution in [0.15, 0.2) is 0 Å². The minimum atomic E-state index is -0.766. The quantitative estimate of drug-likeness (QED) is 0.789. The summed E-state index contributed by atoms with van der Waals surface area (Å²) in [5, 5.41) is 8.60. The highest BCUT2D eigenvalue weighted by molar-refractivity contribution is 5.81. The third-order valence-electron chi connectivity index (χ3n) is 2.94. The largest absolute Gasteiger partial charge is 0.481 e. The van der Waals surface area contributed by atoms with Gasteiger partial charge in [-0.05, 0) is 0 Å². The van der Waals surface area contributed by atoms with Crippen molar-refractivity contribution < 1.29 is 14.7 Å². The first-order valence-corrected chi connectivity index (χ1v) is 6.04. The molecule has 1 N–H and O–H groups in total. The van der Waals surface area contributed by atoms with E-state index in [1.807, 2.05) is 25.7 Å². The molecule has 1 amide bonds. The summed E-state index contributed by atoms with van der Waals surface area (Å²) in [5.74, 6) is -0.589. The van der Waals surface area contributed by atoms with E-state index in [4.69, 9.17) is 5.11 Å². The lowest BCUT2D eigenvalue weighted by Gasteiger charge is -2.37. The number of piperazine rings is 1. The summed E-state index contributed by atoms with van der Waals surface area (Å²) in [7, 11) is 0. The number of rotatable bonds is 3. The third kappa shape index (κ3) is 4.34. The average molecular weight is 242 g/mol. The van der Waals surface area contributed by atoms with Gasteiger partial charge in [0.1, 0.15) is 0 Å². The number of carbonyl (C=O) groups excluding carboxylic acids is 1. The minimum absolute atomic E-state index is 0.174. The number of carboxylic acid groups (broad SMARTS) is 1. The molecule has 0 radical (unpaired) electrons. The summed E-state index contributed by atoms with van der Waals surface area (Å²) in [6.07, 6.45) is 0.174. The normalized spacial score (nSPS) is 18.2. The molecule has 1 aliphatic rings. The molecule has 1 fully saturated rings. The van der Waals surface area contributed by atoms with Crippen LogP contribution in [0.25, 0.3) is 0 Å². The third-order valence-corrected chi connectivity index (χ3v) is 2.94. The van der Waals surface area contributed by atoms with E-state index >= 15 is 0 Å². The Hall–Kier alpha value is -1.10. The second kappa shape index (κ2) is 5.49. The van der Waals surface area contributed by atoms with Crippen LogP contribution in [-0.4, -0.2) is 59.5 Å². The van der Waals surface area contributed by atoms with Gasteiger partial charge in [0.15, 0.2) is 0 Å². The molecule has 0 bridgehead atoms. The first-order valence-electron chi connectivity index (χ1n) is 6.04. The summed E-state index contributed by atoms with van der Waals surface area (Å²) in [6, 6.07) is 0. The van der Waals surface area contributed by atoms with E-state index in [-0.39, 0.29) is 17.7 Å². The Kier molecular flexibility index (Phi) is 4.51. The molecule has 0 aromatic rings. The second-order valence-corrected chi connectivity index (χ2v) is 5.53. The van der Waals surface area contributed by atoms with E-state index in [1.54, 1.807) is 0 Å². The van der Waals surface area contributed by atoms with Crippen LogP contribution in [0.2, 0.25) is 0 Å². The van der Waals surface area contributed by atoms with E-state index in [9.17, 15) is 9.59 Å². The zero-order chi connectivity index (χ0) is 13.1. The van der Waals surface area contributed by atoms with Gasteiger partial charge in [-0.2, -0.15) is 0 Å². The van der Waals surface area contributed by atoms with Crippen LogP contribution in [-0.2, 0) is 9.59 Å². The smallest absolute Gasteiger partial charge is 0.304 e. The molecule has 1 aliphatic heterocycles. The highest BCUT2D eigenvalue weighted by Gasteiger charge is 2.29. The molecule has 0 aliphatic carbocycles. The van der Waals surface area contributed by atoms with E-state index in [1.165, 1.54) is 0 Å². The molecular weight excluding hydrogens is 220 g/mol. The number of carbonyl (C=O) groups is 2. The lowest BCUT2D eigenvalue weighted by atomic mass is 9.94. The Bertz CT molecular complexity index is 289. The first-order chi connectivity index (χ1) is 7.80. The van der Waals surface area contributed by atoms with E-state index in [2.05, 4.69) is 4.90 Å². The Morgan fingerprint density at radius 1 is 1.12 bits per heavy atom. The molecule has 1 rings (SSSR count). The van der Waals surface area contributed by atoms with Crippen LogP contribution < -0.4 is 0 Å². The molecule has 5 heteroatoms. The van der Waals surface area contributed by atoms with Gasteiger partial charge in [0.2, 0.25) is 5.91 Å². The molecule has 0 aromatic heterocycles. The molecule has 1 saturated heterocycles. The minimum Gasteiger partial charge on any atom is -0.481 e. The van der Waals surface area contributed by atoms with E-state index < -0.39 is 5.97 Å². The number of amides is 1. The fraction of sp³-hybridized carbons (Fsp3) is 0.833. The zero-order valence-electron chi connectivity index (χ0n) is 10.9. The van der Waals surface area contributed by atoms with Crippen LogP contribution in [0.3, 0.4) is 0 Å². The average Bonchev–Trinajstić information content (AvgIpc) is 2.25. The molecule has 0 unspecified atom stereocenters. The van der Waals surface area contributed by atoms with Gasteiger partial charge in [-0.15, -0.1) is 0 Å². The Morgan fingerprint density at radius 2 is 1.65 bits per heavy atom. The van der Waals surface area contributed by atoms with Gasteiger partial charge in [-0.1, -0.05) is 20.8 Å². The predicted octanol–water partition coefficient (Wildman–Crippen LogP) is 0.651. The maximum atomic E-state index is 12.0. The van der Waals surface area contributed by atoms with Crippen LogP contribution in [0, 0.1) is 5.41 Å². The van der Waals surface area contributed by atoms with Crippen LogP contribution in [0.4, 0.5) is 0 Å². The summed E-state index contributed by atoms with van der Waals surface area (Å²) >= 11 is 0. The maximum absolute atomic E-state index is 12.0.